The molecule has 0 aliphatic heterocycles. The topological polar surface area (TPSA) is 66.7 Å². The molecule has 0 amide bonds. The first-order valence-electron chi connectivity index (χ1n) is 4.61. The van der Waals surface area contributed by atoms with Gasteiger partial charge in [-0.3, -0.25) is 4.55 Å². The first-order chi connectivity index (χ1) is 8.04. The summed E-state index contributed by atoms with van der Waals surface area (Å²) in [5.74, 6) is 0. The maximum atomic E-state index is 11.2. The minimum atomic E-state index is -4.33. The molecule has 0 aromatic heterocycles. The summed E-state index contributed by atoms with van der Waals surface area (Å²) in [7, 11) is -4.33. The minimum Gasteiger partial charge on any atom is -0.282 e. The van der Waals surface area contributed by atoms with Gasteiger partial charge in [0.1, 0.15) is 10.6 Å². The summed E-state index contributed by atoms with van der Waals surface area (Å²) in [6.45, 7) is 0. The number of benzene rings is 2. The standard InChI is InChI=1S/C11H7NO3S2/c13-17(14,15)10-6-5-8-3-1-2-4-9(8)11(10)12-7-16/h1-6H,(H,13,14,15). The van der Waals surface area contributed by atoms with Gasteiger partial charge < -0.3 is 0 Å². The first kappa shape index (κ1) is 11.9. The molecular formula is C11H7NO3S2. The van der Waals surface area contributed by atoms with Crippen molar-refractivity contribution in [2.75, 3.05) is 0 Å². The zero-order valence-corrected chi connectivity index (χ0v) is 10.1. The molecule has 0 atom stereocenters. The van der Waals surface area contributed by atoms with Crippen LogP contribution >= 0.6 is 12.2 Å². The first-order valence-corrected chi connectivity index (χ1v) is 6.46. The number of hydrogen-bond acceptors (Lipinski definition) is 4. The minimum absolute atomic E-state index is 0.112. The number of nitrogens with zero attached hydrogens (tertiary/aromatic N) is 1. The molecule has 0 saturated heterocycles. The Hall–Kier alpha value is -1.59. The molecule has 0 radical (unpaired) electrons. The van der Waals surface area contributed by atoms with Gasteiger partial charge in [0.25, 0.3) is 10.1 Å². The highest BCUT2D eigenvalue weighted by molar-refractivity contribution is 7.86. The third-order valence-corrected chi connectivity index (χ3v) is 3.28. The van der Waals surface area contributed by atoms with E-state index in [-0.39, 0.29) is 10.6 Å². The third-order valence-electron chi connectivity index (χ3n) is 2.30. The molecule has 0 spiro atoms. The molecule has 0 bridgehead atoms. The van der Waals surface area contributed by atoms with Crippen LogP contribution < -0.4 is 0 Å². The van der Waals surface area contributed by atoms with Crippen LogP contribution in [0.4, 0.5) is 5.69 Å². The second kappa shape index (κ2) is 4.35. The number of isothiocyanates is 1. The van der Waals surface area contributed by atoms with Gasteiger partial charge in [0.05, 0.1) is 5.16 Å². The van der Waals surface area contributed by atoms with Crippen LogP contribution in [-0.4, -0.2) is 18.1 Å². The van der Waals surface area contributed by atoms with Crippen LogP contribution in [0.3, 0.4) is 0 Å². The summed E-state index contributed by atoms with van der Waals surface area (Å²) in [5.41, 5.74) is 0.112. The number of fused-ring (bicyclic) bond motifs is 1. The Bertz CT molecular complexity index is 731. The normalized spacial score (nSPS) is 11.1. The molecule has 0 saturated carbocycles. The monoisotopic (exact) mass is 265 g/mol. The second-order valence-electron chi connectivity index (χ2n) is 3.31. The Morgan fingerprint density at radius 1 is 1.18 bits per heavy atom. The lowest BCUT2D eigenvalue weighted by molar-refractivity contribution is 0.483. The molecule has 2 rings (SSSR count). The van der Waals surface area contributed by atoms with E-state index in [1.165, 1.54) is 6.07 Å². The number of rotatable bonds is 2. The van der Waals surface area contributed by atoms with E-state index in [1.54, 1.807) is 18.2 Å². The Kier molecular flexibility index (Phi) is 3.04. The SMILES string of the molecule is O=S(=O)(O)c1ccc2ccccc2c1N=C=S. The Labute approximate surface area is 103 Å². The van der Waals surface area contributed by atoms with Crippen LogP contribution in [-0.2, 0) is 10.1 Å². The van der Waals surface area contributed by atoms with Crippen molar-refractivity contribution in [3.63, 3.8) is 0 Å². The van der Waals surface area contributed by atoms with Crippen LogP contribution in [0, 0.1) is 0 Å². The maximum Gasteiger partial charge on any atom is 0.296 e. The van der Waals surface area contributed by atoms with Crippen LogP contribution in [0.15, 0.2) is 46.3 Å². The molecule has 1 N–H and O–H groups in total. The third kappa shape index (κ3) is 2.25. The molecular weight excluding hydrogens is 258 g/mol. The fourth-order valence-electron chi connectivity index (χ4n) is 1.60. The Morgan fingerprint density at radius 2 is 1.88 bits per heavy atom. The Morgan fingerprint density at radius 3 is 2.53 bits per heavy atom. The predicted octanol–water partition coefficient (Wildman–Crippen LogP) is 2.82. The van der Waals surface area contributed by atoms with E-state index < -0.39 is 10.1 Å². The molecule has 17 heavy (non-hydrogen) atoms. The van der Waals surface area contributed by atoms with Gasteiger partial charge in [0, 0.05) is 5.39 Å². The highest BCUT2D eigenvalue weighted by atomic mass is 32.2. The van der Waals surface area contributed by atoms with Crippen molar-refractivity contribution in [1.29, 1.82) is 0 Å². The lowest BCUT2D eigenvalue weighted by atomic mass is 10.1. The second-order valence-corrected chi connectivity index (χ2v) is 4.88. The highest BCUT2D eigenvalue weighted by Gasteiger charge is 2.17. The van der Waals surface area contributed by atoms with Gasteiger partial charge >= 0.3 is 0 Å². The molecule has 0 unspecified atom stereocenters. The van der Waals surface area contributed by atoms with Crippen molar-refractivity contribution in [3.05, 3.63) is 36.4 Å². The number of hydrogen-bond donors (Lipinski definition) is 1. The summed E-state index contributed by atoms with van der Waals surface area (Å²) >= 11 is 4.49. The van der Waals surface area contributed by atoms with Crippen LogP contribution in [0.1, 0.15) is 0 Å². The average molecular weight is 265 g/mol. The lowest BCUT2D eigenvalue weighted by Crippen LogP contribution is -1.98. The summed E-state index contributed by atoms with van der Waals surface area (Å²) in [6, 6.07) is 9.98. The predicted molar refractivity (Wildman–Crippen MR) is 68.4 cm³/mol. The lowest BCUT2D eigenvalue weighted by Gasteiger charge is -2.05. The fourth-order valence-corrected chi connectivity index (χ4v) is 2.34. The molecule has 0 fully saturated rings. The molecule has 0 aliphatic carbocycles. The van der Waals surface area contributed by atoms with Gasteiger partial charge in [-0.25, -0.2) is 0 Å². The Balaban J connectivity index is 2.97. The summed E-state index contributed by atoms with van der Waals surface area (Å²) in [4.78, 5) is 3.46. The van der Waals surface area contributed by atoms with E-state index in [0.29, 0.717) is 5.39 Å². The van der Waals surface area contributed by atoms with Gasteiger partial charge in [-0.1, -0.05) is 30.3 Å². The molecule has 0 aliphatic rings. The number of aliphatic imine (C=N–C) groups is 1. The van der Waals surface area contributed by atoms with Crippen molar-refractivity contribution < 1.29 is 13.0 Å². The molecule has 2 aromatic carbocycles. The van der Waals surface area contributed by atoms with Gasteiger partial charge in [0.2, 0.25) is 0 Å². The number of thiocarbonyl (C=S) groups is 1. The molecule has 4 nitrogen and oxygen atoms in total. The van der Waals surface area contributed by atoms with Crippen molar-refractivity contribution in [3.8, 4) is 0 Å². The van der Waals surface area contributed by atoms with Gasteiger partial charge in [-0.15, -0.1) is 0 Å². The van der Waals surface area contributed by atoms with Crippen LogP contribution in [0.25, 0.3) is 10.8 Å². The zero-order valence-electron chi connectivity index (χ0n) is 8.49. The van der Waals surface area contributed by atoms with Crippen molar-refractivity contribution in [2.45, 2.75) is 4.90 Å². The summed E-state index contributed by atoms with van der Waals surface area (Å²) in [6.07, 6.45) is 0. The van der Waals surface area contributed by atoms with Gasteiger partial charge in [-0.05, 0) is 23.7 Å². The molecule has 0 heterocycles. The quantitative estimate of drug-likeness (QED) is 0.515. The van der Waals surface area contributed by atoms with Gasteiger partial charge in [0.15, 0.2) is 0 Å². The smallest absolute Gasteiger partial charge is 0.282 e. The summed E-state index contributed by atoms with van der Waals surface area (Å²) < 4.78 is 31.5. The largest absolute Gasteiger partial charge is 0.296 e. The van der Waals surface area contributed by atoms with E-state index >= 15 is 0 Å². The molecule has 2 aromatic rings. The van der Waals surface area contributed by atoms with Crippen LogP contribution in [0.2, 0.25) is 0 Å². The molecule has 86 valence electrons. The van der Waals surface area contributed by atoms with E-state index in [2.05, 4.69) is 22.4 Å². The van der Waals surface area contributed by atoms with E-state index in [0.717, 1.165) is 5.39 Å². The highest BCUT2D eigenvalue weighted by Crippen LogP contribution is 2.32. The van der Waals surface area contributed by atoms with E-state index in [9.17, 15) is 8.42 Å². The fraction of sp³-hybridized carbons (Fsp3) is 0. The van der Waals surface area contributed by atoms with Crippen molar-refractivity contribution in [1.82, 2.24) is 0 Å². The molecule has 6 heteroatoms. The van der Waals surface area contributed by atoms with Gasteiger partial charge in [-0.2, -0.15) is 13.4 Å². The van der Waals surface area contributed by atoms with Crippen LogP contribution in [0.5, 0.6) is 0 Å². The summed E-state index contributed by atoms with van der Waals surface area (Å²) in [5, 5.41) is 3.53. The average Bonchev–Trinajstić information content (AvgIpc) is 2.28. The van der Waals surface area contributed by atoms with Crippen molar-refractivity contribution in [2.24, 2.45) is 4.99 Å². The van der Waals surface area contributed by atoms with E-state index in [1.807, 2.05) is 12.1 Å². The van der Waals surface area contributed by atoms with Crippen molar-refractivity contribution >= 4 is 44.0 Å². The zero-order chi connectivity index (χ0) is 12.5. The van der Waals surface area contributed by atoms with E-state index in [4.69, 9.17) is 4.55 Å². The maximum absolute atomic E-state index is 11.2.